The molecule has 0 aliphatic carbocycles. The molecule has 5 nitrogen and oxygen atoms in total. The first-order chi connectivity index (χ1) is 8.00. The second kappa shape index (κ2) is 3.86. The van der Waals surface area contributed by atoms with E-state index in [9.17, 15) is 14.4 Å². The number of aromatic nitrogens is 1. The van der Waals surface area contributed by atoms with Crippen molar-refractivity contribution in [2.75, 3.05) is 0 Å². The van der Waals surface area contributed by atoms with Crippen molar-refractivity contribution in [1.29, 1.82) is 0 Å². The number of ketones is 1. The average Bonchev–Trinajstić information content (AvgIpc) is 2.28. The third-order valence-electron chi connectivity index (χ3n) is 2.51. The molecule has 0 radical (unpaired) electrons. The molecule has 0 amide bonds. The highest BCUT2D eigenvalue weighted by Gasteiger charge is 2.11. The molecular formula is C12H9NO4. The monoisotopic (exact) mass is 231 g/mol. The van der Waals surface area contributed by atoms with Crippen LogP contribution in [0.5, 0.6) is 0 Å². The maximum absolute atomic E-state index is 11.9. The molecule has 2 aromatic rings. The number of hydrogen-bond donors (Lipinski definition) is 2. The van der Waals surface area contributed by atoms with Gasteiger partial charge in [0.2, 0.25) is 0 Å². The van der Waals surface area contributed by atoms with Gasteiger partial charge in [-0.3, -0.25) is 9.59 Å². The number of hydrogen-bond acceptors (Lipinski definition) is 3. The van der Waals surface area contributed by atoms with Crippen LogP contribution in [0.1, 0.15) is 27.6 Å². The highest BCUT2D eigenvalue weighted by Crippen LogP contribution is 2.11. The fraction of sp³-hybridized carbons (Fsp3) is 0.0833. The van der Waals surface area contributed by atoms with Gasteiger partial charge < -0.3 is 10.1 Å². The summed E-state index contributed by atoms with van der Waals surface area (Å²) in [5.41, 5.74) is 0.100. The van der Waals surface area contributed by atoms with Gasteiger partial charge in [0.25, 0.3) is 0 Å². The second-order valence-electron chi connectivity index (χ2n) is 3.65. The van der Waals surface area contributed by atoms with Crippen LogP contribution < -0.4 is 5.43 Å². The summed E-state index contributed by atoms with van der Waals surface area (Å²) < 4.78 is 0. The van der Waals surface area contributed by atoms with E-state index in [0.29, 0.717) is 5.52 Å². The molecule has 1 aromatic heterocycles. The zero-order chi connectivity index (χ0) is 12.6. The number of fused-ring (bicyclic) bond motifs is 1. The summed E-state index contributed by atoms with van der Waals surface area (Å²) in [5, 5.41) is 9.04. The lowest BCUT2D eigenvalue weighted by molar-refractivity contribution is 0.0697. The lowest BCUT2D eigenvalue weighted by atomic mass is 10.1. The van der Waals surface area contributed by atoms with Crippen molar-refractivity contribution in [2.45, 2.75) is 6.92 Å². The first-order valence-electron chi connectivity index (χ1n) is 4.90. The Hall–Kier alpha value is -2.43. The molecule has 1 aromatic carbocycles. The summed E-state index contributed by atoms with van der Waals surface area (Å²) in [6.07, 6.45) is 1.34. The van der Waals surface area contributed by atoms with Crippen LogP contribution in [0.15, 0.2) is 29.2 Å². The van der Waals surface area contributed by atoms with Crippen molar-refractivity contribution in [3.63, 3.8) is 0 Å². The quantitative estimate of drug-likeness (QED) is 0.765. The molecule has 2 N–H and O–H groups in total. The number of H-pyrrole nitrogens is 1. The molecule has 0 saturated carbocycles. The van der Waals surface area contributed by atoms with E-state index >= 15 is 0 Å². The Morgan fingerprint density at radius 3 is 2.59 bits per heavy atom. The molecule has 0 spiro atoms. The fourth-order valence-electron chi connectivity index (χ4n) is 1.61. The third kappa shape index (κ3) is 1.82. The van der Waals surface area contributed by atoms with Gasteiger partial charge in [0.05, 0.1) is 11.1 Å². The summed E-state index contributed by atoms with van der Waals surface area (Å²) in [5.74, 6) is -1.46. The van der Waals surface area contributed by atoms with Crippen LogP contribution in [-0.2, 0) is 0 Å². The molecule has 17 heavy (non-hydrogen) atoms. The number of carbonyl (C=O) groups excluding carboxylic acids is 1. The van der Waals surface area contributed by atoms with Crippen molar-refractivity contribution in [3.05, 3.63) is 45.7 Å². The van der Waals surface area contributed by atoms with Gasteiger partial charge in [-0.05, 0) is 25.1 Å². The lowest BCUT2D eigenvalue weighted by Crippen LogP contribution is -2.14. The van der Waals surface area contributed by atoms with Crippen molar-refractivity contribution in [1.82, 2.24) is 4.98 Å². The molecule has 0 fully saturated rings. The first kappa shape index (κ1) is 11.1. The molecule has 0 aliphatic heterocycles. The van der Waals surface area contributed by atoms with E-state index in [1.165, 1.54) is 31.3 Å². The Balaban J connectivity index is 2.83. The van der Waals surface area contributed by atoms with E-state index in [4.69, 9.17) is 5.11 Å². The zero-order valence-electron chi connectivity index (χ0n) is 8.98. The summed E-state index contributed by atoms with van der Waals surface area (Å²) in [7, 11) is 0. The standard InChI is InChI=1S/C12H9NO4/c1-6(14)9-5-13-10-3-2-7(12(16)17)4-8(10)11(9)15/h2-5H,1H3,(H,13,15)(H,16,17). The third-order valence-corrected chi connectivity index (χ3v) is 2.51. The van der Waals surface area contributed by atoms with E-state index < -0.39 is 11.4 Å². The molecule has 86 valence electrons. The van der Waals surface area contributed by atoms with E-state index in [0.717, 1.165) is 0 Å². The number of carbonyl (C=O) groups is 2. The molecule has 5 heteroatoms. The minimum absolute atomic E-state index is 0.0173. The van der Waals surface area contributed by atoms with E-state index in [1.54, 1.807) is 0 Å². The average molecular weight is 231 g/mol. The number of aromatic carboxylic acids is 1. The molecule has 0 atom stereocenters. The number of nitrogens with one attached hydrogen (secondary N) is 1. The Morgan fingerprint density at radius 1 is 1.29 bits per heavy atom. The van der Waals surface area contributed by atoms with E-state index in [-0.39, 0.29) is 22.3 Å². The minimum atomic E-state index is -1.11. The SMILES string of the molecule is CC(=O)c1c[nH]c2ccc(C(=O)O)cc2c1=O. The Morgan fingerprint density at radius 2 is 2.00 bits per heavy atom. The van der Waals surface area contributed by atoms with Gasteiger partial charge in [-0.25, -0.2) is 4.79 Å². The van der Waals surface area contributed by atoms with Crippen molar-refractivity contribution in [2.24, 2.45) is 0 Å². The number of Topliss-reactive ketones (excluding diaryl/α,β-unsaturated/α-hetero) is 1. The predicted octanol–water partition coefficient (Wildman–Crippen LogP) is 1.43. The number of benzene rings is 1. The summed E-state index contributed by atoms with van der Waals surface area (Å²) >= 11 is 0. The van der Waals surface area contributed by atoms with Crippen LogP contribution in [-0.4, -0.2) is 21.8 Å². The van der Waals surface area contributed by atoms with Crippen molar-refractivity contribution < 1.29 is 14.7 Å². The van der Waals surface area contributed by atoms with Crippen LogP contribution >= 0.6 is 0 Å². The number of pyridine rings is 1. The minimum Gasteiger partial charge on any atom is -0.478 e. The number of aromatic amines is 1. The van der Waals surface area contributed by atoms with Crippen LogP contribution in [0.2, 0.25) is 0 Å². The highest BCUT2D eigenvalue weighted by molar-refractivity contribution is 5.98. The number of carboxylic acids is 1. The van der Waals surface area contributed by atoms with Gasteiger partial charge in [0.1, 0.15) is 0 Å². The van der Waals surface area contributed by atoms with Gasteiger partial charge in [-0.15, -0.1) is 0 Å². The number of rotatable bonds is 2. The van der Waals surface area contributed by atoms with Crippen LogP contribution in [0.25, 0.3) is 10.9 Å². The maximum Gasteiger partial charge on any atom is 0.335 e. The fourth-order valence-corrected chi connectivity index (χ4v) is 1.61. The molecule has 0 unspecified atom stereocenters. The van der Waals surface area contributed by atoms with Gasteiger partial charge in [-0.2, -0.15) is 0 Å². The van der Waals surface area contributed by atoms with E-state index in [2.05, 4.69) is 4.98 Å². The zero-order valence-corrected chi connectivity index (χ0v) is 8.98. The summed E-state index contributed by atoms with van der Waals surface area (Å²) in [6.45, 7) is 1.29. The smallest absolute Gasteiger partial charge is 0.335 e. The van der Waals surface area contributed by atoms with Crippen LogP contribution in [0.4, 0.5) is 0 Å². The molecule has 0 saturated heterocycles. The molecule has 1 heterocycles. The Bertz CT molecular complexity index is 679. The molecule has 0 aliphatic rings. The first-order valence-corrected chi connectivity index (χ1v) is 4.90. The van der Waals surface area contributed by atoms with Gasteiger partial charge in [0, 0.05) is 17.1 Å². The molecule has 2 rings (SSSR count). The van der Waals surface area contributed by atoms with Crippen LogP contribution in [0, 0.1) is 0 Å². The second-order valence-corrected chi connectivity index (χ2v) is 3.65. The predicted molar refractivity (Wildman–Crippen MR) is 61.5 cm³/mol. The van der Waals surface area contributed by atoms with Crippen molar-refractivity contribution in [3.8, 4) is 0 Å². The van der Waals surface area contributed by atoms with Crippen LogP contribution in [0.3, 0.4) is 0 Å². The largest absolute Gasteiger partial charge is 0.478 e. The van der Waals surface area contributed by atoms with Gasteiger partial charge in [-0.1, -0.05) is 0 Å². The Labute approximate surface area is 95.7 Å². The maximum atomic E-state index is 11.9. The van der Waals surface area contributed by atoms with Gasteiger partial charge >= 0.3 is 5.97 Å². The topological polar surface area (TPSA) is 87.2 Å². The van der Waals surface area contributed by atoms with Gasteiger partial charge in [0.15, 0.2) is 11.2 Å². The normalized spacial score (nSPS) is 10.4. The summed E-state index contributed by atoms with van der Waals surface area (Å²) in [4.78, 5) is 36.7. The number of carboxylic acid groups (broad SMARTS) is 1. The molecular weight excluding hydrogens is 222 g/mol. The summed E-state index contributed by atoms with van der Waals surface area (Å²) in [6, 6.07) is 4.17. The molecule has 0 bridgehead atoms. The Kier molecular flexibility index (Phi) is 2.51. The lowest BCUT2D eigenvalue weighted by Gasteiger charge is -2.01. The van der Waals surface area contributed by atoms with E-state index in [1.807, 2.05) is 0 Å². The highest BCUT2D eigenvalue weighted by atomic mass is 16.4. The van der Waals surface area contributed by atoms with Crippen molar-refractivity contribution >= 4 is 22.7 Å².